The van der Waals surface area contributed by atoms with Gasteiger partial charge in [0, 0.05) is 12.1 Å². The van der Waals surface area contributed by atoms with Gasteiger partial charge in [-0.05, 0) is 6.92 Å². The zero-order valence-electron chi connectivity index (χ0n) is 10.8. The molecule has 2 aliphatic rings. The molecule has 20 heavy (non-hydrogen) atoms. The molecule has 0 unspecified atom stereocenters. The van der Waals surface area contributed by atoms with Gasteiger partial charge in [0.2, 0.25) is 5.91 Å². The molecule has 3 rings (SSSR count). The molecular formula is C14H12N2O3S. The van der Waals surface area contributed by atoms with Gasteiger partial charge in [-0.15, -0.1) is 0 Å². The summed E-state index contributed by atoms with van der Waals surface area (Å²) in [6, 6.07) is 9.35. The smallest absolute Gasteiger partial charge is 0.312 e. The van der Waals surface area contributed by atoms with Crippen molar-refractivity contribution >= 4 is 29.4 Å². The standard InChI is InChI=1S/C14H12N2O3S/c1-2-16-10(17)8-20-13(16)11-12(15-19-14(11)18)9-6-4-3-5-7-9/h3-7H,2,8H2,1H3. The van der Waals surface area contributed by atoms with E-state index in [0.717, 1.165) is 5.56 Å². The highest BCUT2D eigenvalue weighted by molar-refractivity contribution is 8.04. The van der Waals surface area contributed by atoms with Crippen LogP contribution in [0.4, 0.5) is 0 Å². The number of carbonyl (C=O) groups excluding carboxylic acids is 2. The molecule has 6 heteroatoms. The molecule has 1 aromatic rings. The maximum absolute atomic E-state index is 12.0. The Morgan fingerprint density at radius 2 is 2.05 bits per heavy atom. The summed E-state index contributed by atoms with van der Waals surface area (Å²) in [4.78, 5) is 30.2. The number of amides is 1. The predicted octanol–water partition coefficient (Wildman–Crippen LogP) is 1.75. The van der Waals surface area contributed by atoms with E-state index in [1.165, 1.54) is 11.8 Å². The maximum atomic E-state index is 12.0. The van der Waals surface area contributed by atoms with Gasteiger partial charge in [0.15, 0.2) is 0 Å². The minimum Gasteiger partial charge on any atom is -0.312 e. The van der Waals surface area contributed by atoms with Gasteiger partial charge in [-0.25, -0.2) is 4.79 Å². The molecule has 0 bridgehead atoms. The number of benzene rings is 1. The molecule has 1 fully saturated rings. The average molecular weight is 288 g/mol. The number of hydrogen-bond acceptors (Lipinski definition) is 5. The second kappa shape index (κ2) is 5.13. The molecule has 0 N–H and O–H groups in total. The minimum absolute atomic E-state index is 0.00658. The van der Waals surface area contributed by atoms with E-state index >= 15 is 0 Å². The number of thioether (sulfide) groups is 1. The third-order valence-electron chi connectivity index (χ3n) is 3.12. The van der Waals surface area contributed by atoms with Crippen LogP contribution < -0.4 is 0 Å². The molecule has 1 aromatic carbocycles. The Morgan fingerprint density at radius 3 is 2.75 bits per heavy atom. The highest BCUT2D eigenvalue weighted by Crippen LogP contribution is 2.35. The van der Waals surface area contributed by atoms with E-state index < -0.39 is 5.97 Å². The number of hydrogen-bond donors (Lipinski definition) is 0. The fraction of sp³-hybridized carbons (Fsp3) is 0.214. The summed E-state index contributed by atoms with van der Waals surface area (Å²) >= 11 is 1.36. The Balaban J connectivity index is 2.09. The van der Waals surface area contributed by atoms with E-state index in [1.807, 2.05) is 37.3 Å². The van der Waals surface area contributed by atoms with Crippen LogP contribution in [-0.2, 0) is 14.4 Å². The van der Waals surface area contributed by atoms with Crippen LogP contribution in [0.25, 0.3) is 0 Å². The highest BCUT2D eigenvalue weighted by atomic mass is 32.2. The molecule has 0 spiro atoms. The zero-order chi connectivity index (χ0) is 14.1. The van der Waals surface area contributed by atoms with Crippen LogP contribution in [0, 0.1) is 0 Å². The summed E-state index contributed by atoms with van der Waals surface area (Å²) in [6.45, 7) is 2.41. The van der Waals surface area contributed by atoms with Crippen molar-refractivity contribution in [1.29, 1.82) is 0 Å². The second-order valence-corrected chi connectivity index (χ2v) is 5.26. The SMILES string of the molecule is CCN1C(=O)CSC1=C1C(=O)ON=C1c1ccccc1. The van der Waals surface area contributed by atoms with Gasteiger partial charge in [-0.3, -0.25) is 4.79 Å². The lowest BCUT2D eigenvalue weighted by molar-refractivity contribution is -0.136. The van der Waals surface area contributed by atoms with Crippen LogP contribution in [-0.4, -0.2) is 34.8 Å². The van der Waals surface area contributed by atoms with E-state index in [2.05, 4.69) is 5.16 Å². The van der Waals surface area contributed by atoms with Crippen LogP contribution in [0.2, 0.25) is 0 Å². The molecule has 0 atom stereocenters. The quantitative estimate of drug-likeness (QED) is 0.614. The minimum atomic E-state index is -0.500. The molecule has 2 aliphatic heterocycles. The third-order valence-corrected chi connectivity index (χ3v) is 4.21. The normalized spacial score (nSPS) is 22.2. The lowest BCUT2D eigenvalue weighted by Crippen LogP contribution is -2.26. The van der Waals surface area contributed by atoms with Crippen LogP contribution in [0.15, 0.2) is 46.1 Å². The van der Waals surface area contributed by atoms with Crippen molar-refractivity contribution in [1.82, 2.24) is 4.90 Å². The van der Waals surface area contributed by atoms with Gasteiger partial charge >= 0.3 is 5.97 Å². The largest absolute Gasteiger partial charge is 0.370 e. The maximum Gasteiger partial charge on any atom is 0.370 e. The lowest BCUT2D eigenvalue weighted by atomic mass is 10.0. The van der Waals surface area contributed by atoms with Crippen molar-refractivity contribution in [2.45, 2.75) is 6.92 Å². The van der Waals surface area contributed by atoms with Crippen molar-refractivity contribution in [2.24, 2.45) is 5.16 Å². The monoisotopic (exact) mass is 288 g/mol. The topological polar surface area (TPSA) is 59.0 Å². The predicted molar refractivity (Wildman–Crippen MR) is 75.9 cm³/mol. The van der Waals surface area contributed by atoms with Gasteiger partial charge in [-0.2, -0.15) is 0 Å². The second-order valence-electron chi connectivity index (χ2n) is 4.29. The van der Waals surface area contributed by atoms with Crippen molar-refractivity contribution in [2.75, 3.05) is 12.3 Å². The summed E-state index contributed by atoms with van der Waals surface area (Å²) in [5.41, 5.74) is 1.68. The molecule has 0 saturated carbocycles. The van der Waals surface area contributed by atoms with Gasteiger partial charge in [0.25, 0.3) is 0 Å². The van der Waals surface area contributed by atoms with Crippen LogP contribution in [0.3, 0.4) is 0 Å². The summed E-state index contributed by atoms with van der Waals surface area (Å²) in [5.74, 6) is -0.145. The van der Waals surface area contributed by atoms with Gasteiger partial charge in [0.05, 0.1) is 10.8 Å². The van der Waals surface area contributed by atoms with E-state index in [0.29, 0.717) is 28.6 Å². The first-order chi connectivity index (χ1) is 9.72. The summed E-state index contributed by atoms with van der Waals surface area (Å²) < 4.78 is 0. The van der Waals surface area contributed by atoms with Crippen molar-refractivity contribution in [3.63, 3.8) is 0 Å². The van der Waals surface area contributed by atoms with Gasteiger partial charge < -0.3 is 9.74 Å². The van der Waals surface area contributed by atoms with Gasteiger partial charge in [0.1, 0.15) is 11.3 Å². The highest BCUT2D eigenvalue weighted by Gasteiger charge is 2.37. The Hall–Kier alpha value is -2.08. The van der Waals surface area contributed by atoms with E-state index in [-0.39, 0.29) is 5.91 Å². The molecule has 102 valence electrons. The number of nitrogens with zero attached hydrogens (tertiary/aromatic N) is 2. The molecule has 2 heterocycles. The van der Waals surface area contributed by atoms with Crippen molar-refractivity contribution < 1.29 is 14.4 Å². The Labute approximate surface area is 120 Å². The first-order valence-electron chi connectivity index (χ1n) is 6.25. The first-order valence-corrected chi connectivity index (χ1v) is 7.23. The van der Waals surface area contributed by atoms with E-state index in [9.17, 15) is 9.59 Å². The fourth-order valence-electron chi connectivity index (χ4n) is 2.18. The molecule has 1 amide bonds. The Kier molecular flexibility index (Phi) is 3.31. The Bertz CT molecular complexity index is 637. The third kappa shape index (κ3) is 2.02. The summed E-state index contributed by atoms with van der Waals surface area (Å²) in [7, 11) is 0. The first kappa shape index (κ1) is 12.9. The molecule has 0 aromatic heterocycles. The van der Waals surface area contributed by atoms with Gasteiger partial charge in [-0.1, -0.05) is 47.2 Å². The van der Waals surface area contributed by atoms with Crippen molar-refractivity contribution in [3.8, 4) is 0 Å². The molecule has 0 radical (unpaired) electrons. The van der Waals surface area contributed by atoms with Crippen LogP contribution >= 0.6 is 11.8 Å². The number of oxime groups is 1. The van der Waals surface area contributed by atoms with E-state index in [4.69, 9.17) is 4.84 Å². The summed E-state index contributed by atoms with van der Waals surface area (Å²) in [6.07, 6.45) is 0. The number of carbonyl (C=O) groups is 2. The Morgan fingerprint density at radius 1 is 1.30 bits per heavy atom. The zero-order valence-corrected chi connectivity index (χ0v) is 11.6. The fourth-order valence-corrected chi connectivity index (χ4v) is 3.31. The molecular weight excluding hydrogens is 276 g/mol. The van der Waals surface area contributed by atoms with Crippen LogP contribution in [0.5, 0.6) is 0 Å². The van der Waals surface area contributed by atoms with E-state index in [1.54, 1.807) is 4.90 Å². The molecule has 0 aliphatic carbocycles. The number of rotatable bonds is 2. The van der Waals surface area contributed by atoms with Crippen molar-refractivity contribution in [3.05, 3.63) is 46.5 Å². The molecule has 1 saturated heterocycles. The average Bonchev–Trinajstić information content (AvgIpc) is 3.02. The summed E-state index contributed by atoms with van der Waals surface area (Å²) in [5, 5.41) is 4.51. The van der Waals surface area contributed by atoms with Crippen LogP contribution in [0.1, 0.15) is 12.5 Å². The molecule has 5 nitrogen and oxygen atoms in total. The lowest BCUT2D eigenvalue weighted by Gasteiger charge is -2.15.